The minimum absolute atomic E-state index is 0.0818. The second-order valence-corrected chi connectivity index (χ2v) is 10.5. The molecule has 1 rings (SSSR count). The molecule has 208 valence electrons. The van der Waals surface area contributed by atoms with Gasteiger partial charge in [-0.05, 0) is 44.9 Å². The molecule has 10 heteroatoms. The Morgan fingerprint density at radius 2 is 1.54 bits per heavy atom. The zero-order valence-corrected chi connectivity index (χ0v) is 24.0. The third-order valence-corrected chi connectivity index (χ3v) is 5.97. The van der Waals surface area contributed by atoms with E-state index >= 15 is 0 Å². The number of nitrogens with zero attached hydrogens (tertiary/aromatic N) is 3. The van der Waals surface area contributed by atoms with E-state index in [1.807, 2.05) is 30.3 Å². The number of carbonyl (C=O) groups is 4. The topological polar surface area (TPSA) is 96.5 Å². The van der Waals surface area contributed by atoms with Crippen LogP contribution in [-0.2, 0) is 30.5 Å². The van der Waals surface area contributed by atoms with E-state index in [-0.39, 0.29) is 38.4 Å². The minimum Gasteiger partial charge on any atom is -0.461 e. The number of likely N-dealkylation sites (N-methyl/N-ethyl adjacent to an activating group) is 3. The van der Waals surface area contributed by atoms with Crippen molar-refractivity contribution in [2.24, 2.45) is 0 Å². The Balaban J connectivity index is 2.84. The van der Waals surface area contributed by atoms with Crippen molar-refractivity contribution < 1.29 is 28.7 Å². The zero-order valence-electron chi connectivity index (χ0n) is 23.1. The molecule has 0 saturated carbocycles. The molecule has 0 bridgehead atoms. The van der Waals surface area contributed by atoms with Crippen molar-refractivity contribution in [3.63, 3.8) is 0 Å². The highest BCUT2D eigenvalue weighted by molar-refractivity contribution is 7.80. The standard InChI is InChI=1S/C27H43N3O6S/c1-27(2,3)36-26(34)29(5)17-16-28(4)25(33)22(30(6)23(31)15-11-8-12-18-37)19-24(32)35-20-21-13-9-7-10-14-21/h7,9-10,13-14,22,37H,8,11-12,15-20H2,1-6H3/t22-/m0/s1. The molecule has 0 fully saturated rings. The van der Waals surface area contributed by atoms with Crippen molar-refractivity contribution in [1.82, 2.24) is 14.7 Å². The van der Waals surface area contributed by atoms with Gasteiger partial charge < -0.3 is 24.2 Å². The van der Waals surface area contributed by atoms with Crippen LogP contribution in [0, 0.1) is 0 Å². The number of hydrogen-bond acceptors (Lipinski definition) is 7. The quantitative estimate of drug-likeness (QED) is 0.221. The fourth-order valence-corrected chi connectivity index (χ4v) is 3.58. The third-order valence-electron chi connectivity index (χ3n) is 5.65. The van der Waals surface area contributed by atoms with Crippen LogP contribution < -0.4 is 0 Å². The molecule has 3 amide bonds. The van der Waals surface area contributed by atoms with Gasteiger partial charge in [0.2, 0.25) is 11.8 Å². The lowest BCUT2D eigenvalue weighted by molar-refractivity contribution is -0.153. The molecular weight excluding hydrogens is 494 g/mol. The molecule has 0 radical (unpaired) electrons. The predicted octanol–water partition coefficient (Wildman–Crippen LogP) is 3.76. The number of rotatable bonds is 14. The van der Waals surface area contributed by atoms with Gasteiger partial charge >= 0.3 is 12.1 Å². The lowest BCUT2D eigenvalue weighted by Crippen LogP contribution is -2.50. The Morgan fingerprint density at radius 1 is 0.919 bits per heavy atom. The van der Waals surface area contributed by atoms with Gasteiger partial charge in [-0.3, -0.25) is 14.4 Å². The highest BCUT2D eigenvalue weighted by atomic mass is 32.1. The number of unbranched alkanes of at least 4 members (excludes halogenated alkanes) is 2. The number of amides is 3. The van der Waals surface area contributed by atoms with Crippen molar-refractivity contribution in [3.05, 3.63) is 35.9 Å². The van der Waals surface area contributed by atoms with E-state index in [2.05, 4.69) is 12.6 Å². The number of ether oxygens (including phenoxy) is 2. The summed E-state index contributed by atoms with van der Waals surface area (Å²) in [4.78, 5) is 55.2. The maximum absolute atomic E-state index is 13.4. The van der Waals surface area contributed by atoms with Crippen LogP contribution in [0.25, 0.3) is 0 Å². The van der Waals surface area contributed by atoms with Gasteiger partial charge in [-0.1, -0.05) is 36.8 Å². The number of hydrogen-bond donors (Lipinski definition) is 1. The molecule has 0 heterocycles. The fourth-order valence-electron chi connectivity index (χ4n) is 3.36. The smallest absolute Gasteiger partial charge is 0.410 e. The van der Waals surface area contributed by atoms with E-state index in [0.29, 0.717) is 6.42 Å². The number of benzene rings is 1. The van der Waals surface area contributed by atoms with Crippen molar-refractivity contribution in [1.29, 1.82) is 0 Å². The molecule has 0 saturated heterocycles. The van der Waals surface area contributed by atoms with E-state index in [9.17, 15) is 19.2 Å². The van der Waals surface area contributed by atoms with Crippen molar-refractivity contribution in [2.45, 2.75) is 71.1 Å². The first kappa shape index (κ1) is 32.3. The Bertz CT molecular complexity index is 875. The maximum atomic E-state index is 13.4. The van der Waals surface area contributed by atoms with Gasteiger partial charge in [0.1, 0.15) is 18.2 Å². The van der Waals surface area contributed by atoms with Gasteiger partial charge in [-0.2, -0.15) is 12.6 Å². The van der Waals surface area contributed by atoms with E-state index in [4.69, 9.17) is 9.47 Å². The highest BCUT2D eigenvalue weighted by Gasteiger charge is 2.32. The highest BCUT2D eigenvalue weighted by Crippen LogP contribution is 2.14. The van der Waals surface area contributed by atoms with Gasteiger partial charge in [0.05, 0.1) is 6.42 Å². The SMILES string of the molecule is CN(CCN(C)C(=O)[C@H](CC(=O)OCc1ccccc1)N(C)C(=O)CCCCCS)C(=O)OC(C)(C)C. The first-order valence-corrected chi connectivity index (χ1v) is 13.2. The monoisotopic (exact) mass is 537 g/mol. The Hall–Kier alpha value is -2.75. The lowest BCUT2D eigenvalue weighted by Gasteiger charge is -2.31. The minimum atomic E-state index is -1.02. The molecule has 0 unspecified atom stereocenters. The number of esters is 1. The summed E-state index contributed by atoms with van der Waals surface area (Å²) in [5.74, 6) is -0.440. The lowest BCUT2D eigenvalue weighted by atomic mass is 10.1. The van der Waals surface area contributed by atoms with Gasteiger partial charge in [0.15, 0.2) is 0 Å². The Kier molecular flexibility index (Phi) is 14.1. The van der Waals surface area contributed by atoms with Crippen LogP contribution in [0.15, 0.2) is 30.3 Å². The summed E-state index contributed by atoms with van der Waals surface area (Å²) >= 11 is 4.19. The van der Waals surface area contributed by atoms with Crippen LogP contribution in [0.1, 0.15) is 58.4 Å². The van der Waals surface area contributed by atoms with E-state index in [1.54, 1.807) is 34.9 Å². The second-order valence-electron chi connectivity index (χ2n) is 10.1. The molecular formula is C27H43N3O6S. The molecule has 0 aliphatic rings. The summed E-state index contributed by atoms with van der Waals surface area (Å²) in [6.45, 7) is 5.85. The molecule has 1 aromatic carbocycles. The van der Waals surface area contributed by atoms with E-state index in [0.717, 1.165) is 24.2 Å². The van der Waals surface area contributed by atoms with Crippen molar-refractivity contribution in [3.8, 4) is 0 Å². The van der Waals surface area contributed by atoms with Gasteiger partial charge in [-0.25, -0.2) is 4.79 Å². The summed E-state index contributed by atoms with van der Waals surface area (Å²) in [5, 5.41) is 0. The van der Waals surface area contributed by atoms with Crippen LogP contribution >= 0.6 is 12.6 Å². The molecule has 9 nitrogen and oxygen atoms in total. The molecule has 0 aromatic heterocycles. The predicted molar refractivity (Wildman–Crippen MR) is 146 cm³/mol. The van der Waals surface area contributed by atoms with Crippen molar-refractivity contribution >= 4 is 36.5 Å². The van der Waals surface area contributed by atoms with Crippen LogP contribution in [0.4, 0.5) is 4.79 Å². The third kappa shape index (κ3) is 12.9. The first-order valence-electron chi connectivity index (χ1n) is 12.6. The molecule has 0 aliphatic carbocycles. The maximum Gasteiger partial charge on any atom is 0.410 e. The van der Waals surface area contributed by atoms with E-state index in [1.165, 1.54) is 21.7 Å². The summed E-state index contributed by atoms with van der Waals surface area (Å²) in [7, 11) is 4.71. The summed E-state index contributed by atoms with van der Waals surface area (Å²) in [5.41, 5.74) is 0.198. The molecule has 37 heavy (non-hydrogen) atoms. The number of thiol groups is 1. The summed E-state index contributed by atoms with van der Waals surface area (Å²) < 4.78 is 10.7. The Morgan fingerprint density at radius 3 is 2.14 bits per heavy atom. The molecule has 1 atom stereocenters. The zero-order chi connectivity index (χ0) is 28.0. The molecule has 0 aliphatic heterocycles. The fraction of sp³-hybridized carbons (Fsp3) is 0.630. The van der Waals surface area contributed by atoms with E-state index < -0.39 is 29.6 Å². The largest absolute Gasteiger partial charge is 0.461 e. The van der Waals surface area contributed by atoms with Crippen molar-refractivity contribution in [2.75, 3.05) is 40.0 Å². The molecule has 1 aromatic rings. The normalized spacial score (nSPS) is 11.9. The Labute approximate surface area is 226 Å². The summed E-state index contributed by atoms with van der Waals surface area (Å²) in [6.07, 6.45) is 1.96. The van der Waals surface area contributed by atoms with Crippen LogP contribution in [-0.4, -0.2) is 90.2 Å². The van der Waals surface area contributed by atoms with Gasteiger partial charge in [-0.15, -0.1) is 0 Å². The van der Waals surface area contributed by atoms with Crippen LogP contribution in [0.2, 0.25) is 0 Å². The van der Waals surface area contributed by atoms with Gasteiger partial charge in [0, 0.05) is 40.7 Å². The second kappa shape index (κ2) is 16.2. The van der Waals surface area contributed by atoms with Gasteiger partial charge in [0.25, 0.3) is 0 Å². The molecule has 0 spiro atoms. The molecule has 0 N–H and O–H groups in total. The van der Waals surface area contributed by atoms with Crippen LogP contribution in [0.3, 0.4) is 0 Å². The number of carbonyl (C=O) groups excluding carboxylic acids is 4. The average molecular weight is 538 g/mol. The summed E-state index contributed by atoms with van der Waals surface area (Å²) in [6, 6.07) is 8.22. The average Bonchev–Trinajstić information content (AvgIpc) is 2.85. The van der Waals surface area contributed by atoms with Crippen LogP contribution in [0.5, 0.6) is 0 Å². The first-order chi connectivity index (χ1) is 17.4.